The number of fused-ring (bicyclic) bond motifs is 7. The van der Waals surface area contributed by atoms with Crippen LogP contribution in [0.25, 0.3) is 0 Å². The Hall–Kier alpha value is -1.79. The Bertz CT molecular complexity index is 2400. The van der Waals surface area contributed by atoms with Gasteiger partial charge < -0.3 is 129 Å². The van der Waals surface area contributed by atoms with Crippen molar-refractivity contribution in [1.29, 1.82) is 0 Å². The quantitative estimate of drug-likeness (QED) is 0.0482. The Morgan fingerprint density at radius 1 is 0.558 bits per heavy atom. The Kier molecular flexibility index (Phi) is 19.2. The number of aliphatic hydroxyl groups is 16. The van der Waals surface area contributed by atoms with Gasteiger partial charge in [0.2, 0.25) is 6.29 Å². The molecule has 34 unspecified atom stereocenters. The number of aliphatic hydroxyl groups excluding tert-OH is 15. The van der Waals surface area contributed by atoms with Gasteiger partial charge in [0.15, 0.2) is 31.3 Å². The maximum absolute atomic E-state index is 15.7. The Morgan fingerprint density at radius 2 is 1.13 bits per heavy atom. The number of carbonyl (C=O) groups is 1. The third kappa shape index (κ3) is 10.9. The zero-order valence-corrected chi connectivity index (χ0v) is 50.2. The van der Waals surface area contributed by atoms with E-state index in [0.717, 1.165) is 24.8 Å². The third-order valence-corrected chi connectivity index (χ3v) is 23.5. The zero-order valence-electron chi connectivity index (χ0n) is 50.2. The van der Waals surface area contributed by atoms with Crippen molar-refractivity contribution in [2.24, 2.45) is 50.7 Å². The molecule has 494 valence electrons. The topological polar surface area (TPSA) is 433 Å². The minimum atomic E-state index is -2.00. The van der Waals surface area contributed by atoms with Crippen molar-refractivity contribution in [2.45, 2.75) is 272 Å². The summed E-state index contributed by atoms with van der Waals surface area (Å²) in [5.74, 6) is -1.74. The summed E-state index contributed by atoms with van der Waals surface area (Å²) in [7, 11) is 0. The molecular formula is C59H96O27. The van der Waals surface area contributed by atoms with Gasteiger partial charge in [0, 0.05) is 5.92 Å². The van der Waals surface area contributed by atoms with E-state index in [1.54, 1.807) is 6.92 Å². The second kappa shape index (κ2) is 24.6. The number of hydrogen-bond donors (Lipinski definition) is 16. The Labute approximate surface area is 499 Å². The van der Waals surface area contributed by atoms with E-state index in [4.69, 9.17) is 47.4 Å². The van der Waals surface area contributed by atoms with Crippen LogP contribution in [0.3, 0.4) is 0 Å². The van der Waals surface area contributed by atoms with Crippen molar-refractivity contribution in [3.8, 4) is 0 Å². The average Bonchev–Trinajstić information content (AvgIpc) is 0.681. The van der Waals surface area contributed by atoms with Gasteiger partial charge in [0.25, 0.3) is 0 Å². The number of rotatable bonds is 13. The normalized spacial score (nSPS) is 55.6. The molecule has 16 N–H and O–H groups in total. The number of esters is 1. The molecule has 5 heterocycles. The molecule has 27 heteroatoms. The second-order valence-electron chi connectivity index (χ2n) is 28.3. The second-order valence-corrected chi connectivity index (χ2v) is 28.3. The van der Waals surface area contributed by atoms with Crippen molar-refractivity contribution < 1.29 is 134 Å². The highest BCUT2D eigenvalue weighted by atomic mass is 16.8. The molecule has 9 fully saturated rings. The van der Waals surface area contributed by atoms with Crippen LogP contribution in [0.15, 0.2) is 11.6 Å². The molecule has 5 aliphatic carbocycles. The highest BCUT2D eigenvalue weighted by Crippen LogP contribution is 2.76. The number of ether oxygens (including phenoxy) is 10. The van der Waals surface area contributed by atoms with Crippen LogP contribution in [0.2, 0.25) is 0 Å². The first-order valence-corrected chi connectivity index (χ1v) is 30.8. The van der Waals surface area contributed by atoms with Gasteiger partial charge in [0.1, 0.15) is 104 Å². The van der Waals surface area contributed by atoms with Gasteiger partial charge in [-0.05, 0) is 111 Å². The summed E-state index contributed by atoms with van der Waals surface area (Å²) in [5.41, 5.74) is -3.72. The lowest BCUT2D eigenvalue weighted by molar-refractivity contribution is -0.366. The molecule has 10 aliphatic rings. The molecule has 0 aromatic rings. The molecule has 0 aromatic heterocycles. The monoisotopic (exact) mass is 1240 g/mol. The summed E-state index contributed by atoms with van der Waals surface area (Å²) in [4.78, 5) is 15.7. The highest BCUT2D eigenvalue weighted by Gasteiger charge is 2.72. The van der Waals surface area contributed by atoms with Crippen LogP contribution in [-0.2, 0) is 52.2 Å². The fraction of sp³-hybridized carbons (Fsp3) is 0.949. The Balaban J connectivity index is 0.898. The maximum atomic E-state index is 15.7. The molecule has 4 saturated carbocycles. The lowest BCUT2D eigenvalue weighted by Crippen LogP contribution is -2.68. The molecular weight excluding hydrogens is 1140 g/mol. The lowest BCUT2D eigenvalue weighted by Gasteiger charge is -2.72. The van der Waals surface area contributed by atoms with Crippen LogP contribution in [0.5, 0.6) is 0 Å². The first-order chi connectivity index (χ1) is 40.2. The van der Waals surface area contributed by atoms with E-state index in [1.165, 1.54) is 6.92 Å². The van der Waals surface area contributed by atoms with Crippen LogP contribution in [0.4, 0.5) is 0 Å². The SMILES string of the molecule is CC1OC(OC2C(OC(=O)C34CCC(C)C(C)(O)C3C3=CCC5C6(C)CCC(OC7OCC(O)C(OC8OC(CO)C(O)C(O)C8O)C7O)C(C)(C)C6CCC5(C)C3(C)CC4)OC(COC3OC(CO)C(O)C(O)C3O)C(O)C2O)C(O)C(O)C1O. The molecule has 0 bridgehead atoms. The van der Waals surface area contributed by atoms with Crippen LogP contribution in [-0.4, -0.2) is 273 Å². The van der Waals surface area contributed by atoms with Crippen LogP contribution in [0, 0.1) is 50.7 Å². The molecule has 0 radical (unpaired) electrons. The molecule has 10 rings (SSSR count). The summed E-state index contributed by atoms with van der Waals surface area (Å²) in [6, 6.07) is 0. The van der Waals surface area contributed by atoms with Gasteiger partial charge >= 0.3 is 5.97 Å². The van der Waals surface area contributed by atoms with Gasteiger partial charge in [-0.3, -0.25) is 4.79 Å². The van der Waals surface area contributed by atoms with E-state index >= 15 is 4.79 Å². The summed E-state index contributed by atoms with van der Waals surface area (Å²) in [5, 5.41) is 174. The first kappa shape index (κ1) is 67.1. The van der Waals surface area contributed by atoms with Gasteiger partial charge in [-0.25, -0.2) is 0 Å². The van der Waals surface area contributed by atoms with Gasteiger partial charge in [-0.15, -0.1) is 0 Å². The van der Waals surface area contributed by atoms with Gasteiger partial charge in [-0.1, -0.05) is 53.2 Å². The summed E-state index contributed by atoms with van der Waals surface area (Å²) >= 11 is 0. The van der Waals surface area contributed by atoms with E-state index in [1.807, 2.05) is 6.92 Å². The summed E-state index contributed by atoms with van der Waals surface area (Å²) < 4.78 is 59.7. The highest BCUT2D eigenvalue weighted by molar-refractivity contribution is 5.79. The summed E-state index contributed by atoms with van der Waals surface area (Å²) in [6.45, 7) is 13.9. The minimum Gasteiger partial charge on any atom is -0.432 e. The largest absolute Gasteiger partial charge is 0.432 e. The number of hydrogen-bond acceptors (Lipinski definition) is 27. The van der Waals surface area contributed by atoms with Gasteiger partial charge in [-0.2, -0.15) is 0 Å². The fourth-order valence-corrected chi connectivity index (χ4v) is 17.8. The van der Waals surface area contributed by atoms with Crippen molar-refractivity contribution in [3.63, 3.8) is 0 Å². The first-order valence-electron chi connectivity index (χ1n) is 30.8. The van der Waals surface area contributed by atoms with Crippen molar-refractivity contribution in [3.05, 3.63) is 11.6 Å². The van der Waals surface area contributed by atoms with Crippen LogP contribution < -0.4 is 0 Å². The predicted molar refractivity (Wildman–Crippen MR) is 289 cm³/mol. The molecule has 5 saturated heterocycles. The minimum absolute atomic E-state index is 0.0796. The van der Waals surface area contributed by atoms with E-state index in [2.05, 4.69) is 40.7 Å². The molecule has 86 heavy (non-hydrogen) atoms. The number of carbonyl (C=O) groups excluding carboxylic acids is 1. The Morgan fingerprint density at radius 3 is 1.77 bits per heavy atom. The standard InChI is InChI=1S/C59H96O27/c1-23-11-16-59(53(75)86-52-46(85-50-42(72)37(67)33(63)24(2)79-50)40(70)36(66)29(82-52)22-78-48-41(71)38(68)34(64)27(19-60)80-48)18-17-56(6)25(47(59)58(23,8)76)9-10-31-55(5)14-13-32(54(3,4)30(55)12-15-57(31,56)7)83-49-44(74)45(26(62)21-77-49)84-51-43(73)39(69)35(65)28(20-61)81-51/h9,23-24,26-52,60-74,76H,10-22H2,1-8H3. The molecule has 27 nitrogen and oxygen atoms in total. The zero-order chi connectivity index (χ0) is 62.9. The molecule has 34 atom stereocenters. The average molecular weight is 1240 g/mol. The van der Waals surface area contributed by atoms with Crippen molar-refractivity contribution in [2.75, 3.05) is 26.4 Å². The molecule has 5 aliphatic heterocycles. The molecule has 0 aromatic carbocycles. The van der Waals surface area contributed by atoms with E-state index in [9.17, 15) is 81.7 Å². The third-order valence-electron chi connectivity index (χ3n) is 23.5. The fourth-order valence-electron chi connectivity index (χ4n) is 17.8. The lowest BCUT2D eigenvalue weighted by atomic mass is 9.33. The van der Waals surface area contributed by atoms with Gasteiger partial charge in [0.05, 0.1) is 49.7 Å². The van der Waals surface area contributed by atoms with Crippen LogP contribution in [0.1, 0.15) is 113 Å². The van der Waals surface area contributed by atoms with E-state index < -0.39 is 207 Å². The smallest absolute Gasteiger partial charge is 0.315 e. The number of allylic oxidation sites excluding steroid dienone is 1. The molecule has 0 amide bonds. The molecule has 0 spiro atoms. The van der Waals surface area contributed by atoms with Crippen molar-refractivity contribution in [1.82, 2.24) is 0 Å². The van der Waals surface area contributed by atoms with Crippen molar-refractivity contribution >= 4 is 5.97 Å². The van der Waals surface area contributed by atoms with E-state index in [0.29, 0.717) is 25.7 Å². The van der Waals surface area contributed by atoms with E-state index in [-0.39, 0.29) is 48.0 Å². The summed E-state index contributed by atoms with van der Waals surface area (Å²) in [6.07, 6.45) is -32.8. The predicted octanol–water partition coefficient (Wildman–Crippen LogP) is -3.57. The van der Waals surface area contributed by atoms with Crippen LogP contribution >= 0.6 is 0 Å². The maximum Gasteiger partial charge on any atom is 0.315 e.